The Labute approximate surface area is 158 Å². The highest BCUT2D eigenvalue weighted by Gasteiger charge is 2.04. The van der Waals surface area contributed by atoms with Gasteiger partial charge in [-0.1, -0.05) is 24.3 Å². The van der Waals surface area contributed by atoms with Gasteiger partial charge in [-0.25, -0.2) is 0 Å². The maximum atomic E-state index is 12.1. The average Bonchev–Trinajstić information content (AvgIpc) is 2.60. The number of rotatable bonds is 6. The van der Waals surface area contributed by atoms with Crippen LogP contribution in [0.1, 0.15) is 11.1 Å². The first-order valence-corrected chi connectivity index (χ1v) is 8.70. The number of halogens is 2. The van der Waals surface area contributed by atoms with Crippen molar-refractivity contribution in [2.45, 2.75) is 0 Å². The van der Waals surface area contributed by atoms with Gasteiger partial charge in [0.05, 0.1) is 23.2 Å². The quantitative estimate of drug-likeness (QED) is 0.542. The Morgan fingerprint density at radius 1 is 0.833 bits per heavy atom. The lowest BCUT2D eigenvalue weighted by Crippen LogP contribution is -1.89. The van der Waals surface area contributed by atoms with E-state index in [0.29, 0.717) is 0 Å². The molecule has 124 valence electrons. The fraction of sp³-hybridized carbons (Fsp3) is 0.105. The van der Waals surface area contributed by atoms with Gasteiger partial charge in [0.25, 0.3) is 0 Å². The van der Waals surface area contributed by atoms with Gasteiger partial charge in [0.1, 0.15) is 11.5 Å². The van der Waals surface area contributed by atoms with Crippen molar-refractivity contribution in [2.75, 3.05) is 14.2 Å². The van der Waals surface area contributed by atoms with E-state index in [0.717, 1.165) is 31.6 Å². The number of hydrogen-bond donors (Lipinski definition) is 0. The molecule has 0 saturated carbocycles. The van der Waals surface area contributed by atoms with E-state index >= 15 is 0 Å². The third-order valence-corrected chi connectivity index (χ3v) is 4.98. The van der Waals surface area contributed by atoms with Crippen LogP contribution in [0.2, 0.25) is 0 Å². The molecule has 2 aromatic rings. The van der Waals surface area contributed by atoms with Crippen molar-refractivity contribution in [2.24, 2.45) is 0 Å². The third-order valence-electron chi connectivity index (χ3n) is 3.28. The zero-order valence-corrected chi connectivity index (χ0v) is 16.4. The van der Waals surface area contributed by atoms with Crippen molar-refractivity contribution < 1.29 is 14.3 Å². The Bertz CT molecular complexity index is 730. The molecule has 0 aliphatic carbocycles. The molecule has 0 fully saturated rings. The van der Waals surface area contributed by atoms with Crippen LogP contribution in [0, 0.1) is 0 Å². The fourth-order valence-corrected chi connectivity index (χ4v) is 3.14. The average molecular weight is 452 g/mol. The summed E-state index contributed by atoms with van der Waals surface area (Å²) in [7, 11) is 3.21. The van der Waals surface area contributed by atoms with E-state index in [1.807, 2.05) is 36.4 Å². The highest BCUT2D eigenvalue weighted by molar-refractivity contribution is 9.11. The summed E-state index contributed by atoms with van der Waals surface area (Å²) in [5.74, 6) is 1.33. The summed E-state index contributed by atoms with van der Waals surface area (Å²) in [6, 6.07) is 11.2. The SMILES string of the molecule is COc1cccc(/C=C/C(=O)/C=C/c2cccc(OC)c2Br)c1Br. The molecule has 0 saturated heterocycles. The minimum Gasteiger partial charge on any atom is -0.496 e. The Balaban J connectivity index is 2.14. The zero-order chi connectivity index (χ0) is 17.5. The maximum absolute atomic E-state index is 12.1. The fourth-order valence-electron chi connectivity index (χ4n) is 2.03. The molecule has 0 aromatic heterocycles. The molecule has 3 nitrogen and oxygen atoms in total. The molecule has 2 aromatic carbocycles. The van der Waals surface area contributed by atoms with E-state index in [4.69, 9.17) is 9.47 Å². The van der Waals surface area contributed by atoms with E-state index in [9.17, 15) is 4.79 Å². The molecule has 0 bridgehead atoms. The van der Waals surface area contributed by atoms with Crippen LogP contribution < -0.4 is 9.47 Å². The molecule has 0 aliphatic heterocycles. The van der Waals surface area contributed by atoms with Crippen molar-refractivity contribution in [3.63, 3.8) is 0 Å². The lowest BCUT2D eigenvalue weighted by molar-refractivity contribution is -0.110. The van der Waals surface area contributed by atoms with Gasteiger partial charge in [0.15, 0.2) is 5.78 Å². The topological polar surface area (TPSA) is 35.5 Å². The Morgan fingerprint density at radius 3 is 1.62 bits per heavy atom. The number of carbonyl (C=O) groups is 1. The molecule has 0 atom stereocenters. The molecule has 0 aliphatic rings. The first-order chi connectivity index (χ1) is 11.6. The molecule has 0 N–H and O–H groups in total. The summed E-state index contributed by atoms with van der Waals surface area (Å²) in [5, 5.41) is 0. The number of ketones is 1. The van der Waals surface area contributed by atoms with Crippen molar-refractivity contribution >= 4 is 49.8 Å². The minimum atomic E-state index is -0.112. The van der Waals surface area contributed by atoms with Crippen LogP contribution in [-0.2, 0) is 4.79 Å². The first kappa shape index (κ1) is 18.5. The third kappa shape index (κ3) is 4.58. The van der Waals surface area contributed by atoms with Gasteiger partial charge in [-0.3, -0.25) is 4.79 Å². The van der Waals surface area contributed by atoms with Crippen LogP contribution in [0.5, 0.6) is 11.5 Å². The normalized spacial score (nSPS) is 11.2. The van der Waals surface area contributed by atoms with Crippen LogP contribution in [-0.4, -0.2) is 20.0 Å². The monoisotopic (exact) mass is 450 g/mol. The smallest absolute Gasteiger partial charge is 0.178 e. The molecule has 0 amide bonds. The second kappa shape index (κ2) is 8.85. The maximum Gasteiger partial charge on any atom is 0.178 e. The van der Waals surface area contributed by atoms with Gasteiger partial charge < -0.3 is 9.47 Å². The summed E-state index contributed by atoms with van der Waals surface area (Å²) < 4.78 is 12.1. The lowest BCUT2D eigenvalue weighted by Gasteiger charge is -2.05. The van der Waals surface area contributed by atoms with Crippen molar-refractivity contribution in [1.82, 2.24) is 0 Å². The van der Waals surface area contributed by atoms with E-state index in [1.54, 1.807) is 26.4 Å². The number of carbonyl (C=O) groups excluding carboxylic acids is 1. The number of methoxy groups -OCH3 is 2. The number of benzene rings is 2. The van der Waals surface area contributed by atoms with Crippen LogP contribution in [0.15, 0.2) is 57.5 Å². The molecule has 0 heterocycles. The van der Waals surface area contributed by atoms with Crippen LogP contribution in [0.25, 0.3) is 12.2 Å². The van der Waals surface area contributed by atoms with E-state index < -0.39 is 0 Å². The highest BCUT2D eigenvalue weighted by Crippen LogP contribution is 2.30. The summed E-state index contributed by atoms with van der Waals surface area (Å²) in [6.45, 7) is 0. The second-order valence-corrected chi connectivity index (χ2v) is 6.38. The van der Waals surface area contributed by atoms with Crippen LogP contribution >= 0.6 is 31.9 Å². The van der Waals surface area contributed by atoms with Gasteiger partial charge in [0, 0.05) is 0 Å². The zero-order valence-electron chi connectivity index (χ0n) is 13.3. The number of hydrogen-bond acceptors (Lipinski definition) is 3. The largest absolute Gasteiger partial charge is 0.496 e. The molecule has 5 heteroatoms. The van der Waals surface area contributed by atoms with Gasteiger partial charge in [-0.05, 0) is 79.4 Å². The van der Waals surface area contributed by atoms with E-state index in [-0.39, 0.29) is 5.78 Å². The lowest BCUT2D eigenvalue weighted by atomic mass is 10.1. The van der Waals surface area contributed by atoms with Crippen molar-refractivity contribution in [3.05, 3.63) is 68.6 Å². The number of ether oxygens (including phenoxy) is 2. The Morgan fingerprint density at radius 2 is 1.25 bits per heavy atom. The van der Waals surface area contributed by atoms with Crippen molar-refractivity contribution in [3.8, 4) is 11.5 Å². The van der Waals surface area contributed by atoms with Gasteiger partial charge in [0.2, 0.25) is 0 Å². The molecular weight excluding hydrogens is 436 g/mol. The molecule has 0 spiro atoms. The number of allylic oxidation sites excluding steroid dienone is 2. The standard InChI is InChI=1S/C19H16Br2O3/c1-23-16-7-3-5-13(18(16)20)9-11-15(22)12-10-14-6-4-8-17(24-2)19(14)21/h3-12H,1-2H3/b11-9+,12-10+. The van der Waals surface area contributed by atoms with Gasteiger partial charge in [-0.2, -0.15) is 0 Å². The molecule has 24 heavy (non-hydrogen) atoms. The Hall–Kier alpha value is -1.85. The molecule has 2 rings (SSSR count). The summed E-state index contributed by atoms with van der Waals surface area (Å²) in [5.41, 5.74) is 1.75. The summed E-state index contributed by atoms with van der Waals surface area (Å²) in [6.07, 6.45) is 6.54. The van der Waals surface area contributed by atoms with Crippen LogP contribution in [0.3, 0.4) is 0 Å². The van der Waals surface area contributed by atoms with Gasteiger partial charge >= 0.3 is 0 Å². The predicted octanol–water partition coefficient (Wildman–Crippen LogP) is 5.52. The summed E-state index contributed by atoms with van der Waals surface area (Å²) in [4.78, 5) is 12.1. The first-order valence-electron chi connectivity index (χ1n) is 7.12. The Kier molecular flexibility index (Phi) is 6.82. The second-order valence-electron chi connectivity index (χ2n) is 4.80. The minimum absolute atomic E-state index is 0.112. The highest BCUT2D eigenvalue weighted by atomic mass is 79.9. The van der Waals surface area contributed by atoms with E-state index in [1.165, 1.54) is 12.2 Å². The van der Waals surface area contributed by atoms with Gasteiger partial charge in [-0.15, -0.1) is 0 Å². The van der Waals surface area contributed by atoms with Crippen molar-refractivity contribution in [1.29, 1.82) is 0 Å². The summed E-state index contributed by atoms with van der Waals surface area (Å²) >= 11 is 6.93. The molecule has 0 radical (unpaired) electrons. The van der Waals surface area contributed by atoms with Crippen LogP contribution in [0.4, 0.5) is 0 Å². The molecule has 0 unspecified atom stereocenters. The van der Waals surface area contributed by atoms with E-state index in [2.05, 4.69) is 31.9 Å². The molecular formula is C19H16Br2O3. The predicted molar refractivity (Wildman–Crippen MR) is 104 cm³/mol.